The lowest BCUT2D eigenvalue weighted by Gasteiger charge is -2.24. The number of rotatable bonds is 3. The highest BCUT2D eigenvalue weighted by molar-refractivity contribution is 7.93. The molecule has 1 atom stereocenters. The first-order valence-corrected chi connectivity index (χ1v) is 10.3. The van der Waals surface area contributed by atoms with E-state index in [0.717, 1.165) is 11.1 Å². The standard InChI is InChI=1S/C21H24O4S.H2/c1-21(2,3)16-10-8-14(12-17(16)22)13-18(23)20-11-9-15-6-4-5-7-19(15)26(20,24)25;/h4-8,10,12,20,22H,9,11,13H2,1-3H3;1H. The van der Waals surface area contributed by atoms with Crippen molar-refractivity contribution >= 4 is 15.6 Å². The van der Waals surface area contributed by atoms with Crippen LogP contribution >= 0.6 is 0 Å². The molecule has 26 heavy (non-hydrogen) atoms. The zero-order chi connectivity index (χ0) is 19.1. The van der Waals surface area contributed by atoms with Crippen molar-refractivity contribution in [2.75, 3.05) is 0 Å². The van der Waals surface area contributed by atoms with E-state index < -0.39 is 15.1 Å². The number of phenolic OH excluding ortho intramolecular Hbond substituents is 1. The van der Waals surface area contributed by atoms with Crippen molar-refractivity contribution in [3.05, 3.63) is 59.2 Å². The summed E-state index contributed by atoms with van der Waals surface area (Å²) in [5, 5.41) is 9.24. The molecule has 140 valence electrons. The molecule has 0 aromatic heterocycles. The molecule has 1 aliphatic heterocycles. The first-order valence-electron chi connectivity index (χ1n) is 8.77. The molecule has 5 heteroatoms. The first kappa shape index (κ1) is 18.6. The number of fused-ring (bicyclic) bond motifs is 1. The Kier molecular flexibility index (Phi) is 4.69. The highest BCUT2D eigenvalue weighted by atomic mass is 32.2. The fourth-order valence-electron chi connectivity index (χ4n) is 3.55. The Balaban J connectivity index is 0.00000261. The van der Waals surface area contributed by atoms with Gasteiger partial charge in [-0.3, -0.25) is 4.79 Å². The third kappa shape index (κ3) is 3.40. The molecule has 0 bridgehead atoms. The fraction of sp³-hybridized carbons (Fsp3) is 0.381. The Labute approximate surface area is 156 Å². The highest BCUT2D eigenvalue weighted by Crippen LogP contribution is 2.33. The smallest absolute Gasteiger partial charge is 0.188 e. The molecule has 0 saturated heterocycles. The van der Waals surface area contributed by atoms with Crippen LogP contribution in [0.5, 0.6) is 5.75 Å². The Morgan fingerprint density at radius 3 is 2.54 bits per heavy atom. The minimum absolute atomic E-state index is 0. The van der Waals surface area contributed by atoms with E-state index in [1.807, 2.05) is 32.9 Å². The molecule has 1 aliphatic rings. The highest BCUT2D eigenvalue weighted by Gasteiger charge is 2.38. The molecule has 2 aromatic rings. The van der Waals surface area contributed by atoms with Crippen molar-refractivity contribution < 1.29 is 19.7 Å². The van der Waals surface area contributed by atoms with Gasteiger partial charge in [-0.25, -0.2) is 8.42 Å². The van der Waals surface area contributed by atoms with Gasteiger partial charge in [0.2, 0.25) is 0 Å². The zero-order valence-electron chi connectivity index (χ0n) is 15.3. The number of sulfone groups is 1. The van der Waals surface area contributed by atoms with Crippen molar-refractivity contribution in [2.45, 2.75) is 55.6 Å². The molecule has 3 rings (SSSR count). The van der Waals surface area contributed by atoms with Crippen molar-refractivity contribution in [2.24, 2.45) is 0 Å². The molecule has 1 N–H and O–H groups in total. The number of aromatic hydroxyl groups is 1. The number of Topliss-reactive ketones (excluding diaryl/α,β-unsaturated/α-hetero) is 1. The number of hydrogen-bond acceptors (Lipinski definition) is 4. The number of ketones is 1. The number of carbonyl (C=O) groups excluding carboxylic acids is 1. The lowest BCUT2D eigenvalue weighted by Crippen LogP contribution is -2.35. The number of benzene rings is 2. The molecule has 0 amide bonds. The largest absolute Gasteiger partial charge is 0.508 e. The third-order valence-corrected chi connectivity index (χ3v) is 7.20. The van der Waals surface area contributed by atoms with Gasteiger partial charge in [-0.1, -0.05) is 51.1 Å². The van der Waals surface area contributed by atoms with Gasteiger partial charge in [-0.2, -0.15) is 0 Å². The minimum atomic E-state index is -3.66. The summed E-state index contributed by atoms with van der Waals surface area (Å²) in [5.41, 5.74) is 2.01. The van der Waals surface area contributed by atoms with Crippen LogP contribution in [0.4, 0.5) is 0 Å². The number of hydrogen-bond donors (Lipinski definition) is 1. The summed E-state index contributed by atoms with van der Waals surface area (Å²) in [7, 11) is -3.66. The monoisotopic (exact) mass is 374 g/mol. The van der Waals surface area contributed by atoms with Gasteiger partial charge >= 0.3 is 0 Å². The van der Waals surface area contributed by atoms with E-state index in [1.54, 1.807) is 30.3 Å². The number of aryl methyl sites for hydroxylation is 1. The molecule has 0 saturated carbocycles. The van der Waals surface area contributed by atoms with Gasteiger partial charge in [-0.15, -0.1) is 0 Å². The lowest BCUT2D eigenvalue weighted by molar-refractivity contribution is -0.118. The second-order valence-electron chi connectivity index (χ2n) is 7.92. The van der Waals surface area contributed by atoms with Crippen molar-refractivity contribution in [3.8, 4) is 5.75 Å². The normalized spacial score (nSPS) is 19.0. The van der Waals surface area contributed by atoms with Crippen LogP contribution in [0.1, 0.15) is 45.3 Å². The predicted octanol–water partition coefficient (Wildman–Crippen LogP) is 3.84. The van der Waals surface area contributed by atoms with Crippen LogP contribution in [-0.4, -0.2) is 24.6 Å². The van der Waals surface area contributed by atoms with E-state index >= 15 is 0 Å². The van der Waals surface area contributed by atoms with E-state index in [9.17, 15) is 18.3 Å². The SMILES string of the molecule is CC(C)(C)c1ccc(CC(=O)C2CCc3ccccc3S2(=O)=O)cc1O.[HH]. The van der Waals surface area contributed by atoms with Crippen LogP contribution in [0.2, 0.25) is 0 Å². The minimum Gasteiger partial charge on any atom is -0.508 e. The van der Waals surface area contributed by atoms with Gasteiger partial charge in [0.1, 0.15) is 11.0 Å². The summed E-state index contributed by atoms with van der Waals surface area (Å²) in [4.78, 5) is 13.0. The van der Waals surface area contributed by atoms with Crippen LogP contribution in [0.15, 0.2) is 47.4 Å². The van der Waals surface area contributed by atoms with Crippen LogP contribution in [-0.2, 0) is 32.9 Å². The van der Waals surface area contributed by atoms with E-state index in [-0.39, 0.29) is 29.7 Å². The predicted molar refractivity (Wildman–Crippen MR) is 103 cm³/mol. The molecule has 0 spiro atoms. The third-order valence-electron chi connectivity index (χ3n) is 4.94. The summed E-state index contributed by atoms with van der Waals surface area (Å²) in [6, 6.07) is 12.1. The van der Waals surface area contributed by atoms with Crippen LogP contribution in [0.3, 0.4) is 0 Å². The molecule has 1 unspecified atom stereocenters. The zero-order valence-corrected chi connectivity index (χ0v) is 16.1. The molecule has 0 radical (unpaired) electrons. The Hall–Kier alpha value is -2.14. The first-order chi connectivity index (χ1) is 12.1. The van der Waals surface area contributed by atoms with E-state index in [0.29, 0.717) is 18.4 Å². The number of carbonyl (C=O) groups is 1. The van der Waals surface area contributed by atoms with Crippen molar-refractivity contribution in [3.63, 3.8) is 0 Å². The van der Waals surface area contributed by atoms with E-state index in [1.165, 1.54) is 0 Å². The van der Waals surface area contributed by atoms with Gasteiger partial charge in [0.25, 0.3) is 0 Å². The van der Waals surface area contributed by atoms with E-state index in [4.69, 9.17) is 0 Å². The molecule has 4 nitrogen and oxygen atoms in total. The van der Waals surface area contributed by atoms with Crippen molar-refractivity contribution in [1.29, 1.82) is 0 Å². The van der Waals surface area contributed by atoms with Gasteiger partial charge in [-0.05, 0) is 47.1 Å². The van der Waals surface area contributed by atoms with Crippen LogP contribution in [0.25, 0.3) is 0 Å². The second-order valence-corrected chi connectivity index (χ2v) is 10.0. The Morgan fingerprint density at radius 2 is 1.88 bits per heavy atom. The average molecular weight is 375 g/mol. The van der Waals surface area contributed by atoms with Gasteiger partial charge in [0, 0.05) is 7.85 Å². The molecular weight excluding hydrogens is 348 g/mol. The molecular formula is C21H26O4S. The maximum atomic E-state index is 12.8. The van der Waals surface area contributed by atoms with Gasteiger partial charge < -0.3 is 5.11 Å². The average Bonchev–Trinajstić information content (AvgIpc) is 2.53. The molecule has 2 aromatic carbocycles. The fourth-order valence-corrected chi connectivity index (χ4v) is 5.52. The summed E-state index contributed by atoms with van der Waals surface area (Å²) in [5.74, 6) is -0.179. The number of phenols is 1. The van der Waals surface area contributed by atoms with Gasteiger partial charge in [0.05, 0.1) is 4.90 Å². The molecule has 0 aliphatic carbocycles. The lowest BCUT2D eigenvalue weighted by atomic mass is 9.85. The summed E-state index contributed by atoms with van der Waals surface area (Å²) in [6.07, 6.45) is 0.897. The summed E-state index contributed by atoms with van der Waals surface area (Å²) < 4.78 is 25.6. The van der Waals surface area contributed by atoms with Gasteiger partial charge in [0.15, 0.2) is 15.6 Å². The van der Waals surface area contributed by atoms with E-state index in [2.05, 4.69) is 0 Å². The summed E-state index contributed by atoms with van der Waals surface area (Å²) >= 11 is 0. The molecule has 0 fully saturated rings. The topological polar surface area (TPSA) is 71.4 Å². The van der Waals surface area contributed by atoms with Crippen LogP contribution < -0.4 is 0 Å². The Bertz CT molecular complexity index is 958. The van der Waals surface area contributed by atoms with Crippen molar-refractivity contribution in [1.82, 2.24) is 0 Å². The maximum absolute atomic E-state index is 12.8. The maximum Gasteiger partial charge on any atom is 0.188 e. The van der Waals surface area contributed by atoms with Crippen LogP contribution in [0, 0.1) is 0 Å². The molecule has 1 heterocycles. The quantitative estimate of drug-likeness (QED) is 0.886. The summed E-state index contributed by atoms with van der Waals surface area (Å²) in [6.45, 7) is 6.00. The second kappa shape index (κ2) is 6.54. The Morgan fingerprint density at radius 1 is 1.19 bits per heavy atom.